The number of nitrogens with zero attached hydrogens (tertiary/aromatic N) is 2. The Balaban J connectivity index is 1.61. The van der Waals surface area contributed by atoms with Gasteiger partial charge in [0, 0.05) is 19.1 Å². The minimum absolute atomic E-state index is 0.00883. The summed E-state index contributed by atoms with van der Waals surface area (Å²) in [6.07, 6.45) is 2.13. The number of hydrogen-bond acceptors (Lipinski definition) is 3. The van der Waals surface area contributed by atoms with Crippen molar-refractivity contribution >= 4 is 11.8 Å². The Hall–Kier alpha value is -2.66. The molecular formula is C22H27N3O2. The van der Waals surface area contributed by atoms with Crippen LogP contribution in [0.5, 0.6) is 0 Å². The lowest BCUT2D eigenvalue weighted by Crippen LogP contribution is -2.42. The summed E-state index contributed by atoms with van der Waals surface area (Å²) in [5.41, 5.74) is 2.19. The monoisotopic (exact) mass is 365 g/mol. The van der Waals surface area contributed by atoms with Gasteiger partial charge < -0.3 is 10.2 Å². The Bertz CT molecular complexity index is 703. The van der Waals surface area contributed by atoms with Crippen molar-refractivity contribution in [3.8, 4) is 0 Å². The molecule has 2 amide bonds. The van der Waals surface area contributed by atoms with Gasteiger partial charge in [0.2, 0.25) is 11.8 Å². The average Bonchev–Trinajstić information content (AvgIpc) is 3.46. The summed E-state index contributed by atoms with van der Waals surface area (Å²) in [5, 5.41) is 2.96. The summed E-state index contributed by atoms with van der Waals surface area (Å²) in [4.78, 5) is 28.5. The molecule has 142 valence electrons. The molecule has 1 saturated carbocycles. The summed E-state index contributed by atoms with van der Waals surface area (Å²) in [6.45, 7) is 1.57. The zero-order chi connectivity index (χ0) is 19.1. The lowest BCUT2D eigenvalue weighted by atomic mass is 10.1. The van der Waals surface area contributed by atoms with Crippen LogP contribution in [-0.2, 0) is 22.7 Å². The van der Waals surface area contributed by atoms with Crippen molar-refractivity contribution in [2.75, 3.05) is 20.1 Å². The van der Waals surface area contributed by atoms with Crippen LogP contribution in [0.15, 0.2) is 60.7 Å². The van der Waals surface area contributed by atoms with Gasteiger partial charge >= 0.3 is 0 Å². The summed E-state index contributed by atoms with van der Waals surface area (Å²) >= 11 is 0. The predicted octanol–water partition coefficient (Wildman–Crippen LogP) is 2.43. The Morgan fingerprint density at radius 2 is 1.41 bits per heavy atom. The number of amides is 2. The van der Waals surface area contributed by atoms with Crippen LogP contribution in [0.25, 0.3) is 0 Å². The second-order valence-corrected chi connectivity index (χ2v) is 7.24. The van der Waals surface area contributed by atoms with Crippen LogP contribution in [0.4, 0.5) is 0 Å². The van der Waals surface area contributed by atoms with Crippen LogP contribution < -0.4 is 5.32 Å². The fourth-order valence-electron chi connectivity index (χ4n) is 2.97. The normalized spacial score (nSPS) is 13.4. The number of carbonyl (C=O) groups excluding carboxylic acids is 2. The van der Waals surface area contributed by atoms with E-state index >= 15 is 0 Å². The number of rotatable bonds is 9. The van der Waals surface area contributed by atoms with Crippen LogP contribution in [0, 0.1) is 0 Å². The Morgan fingerprint density at radius 1 is 0.889 bits per heavy atom. The largest absolute Gasteiger partial charge is 0.352 e. The number of hydrogen-bond donors (Lipinski definition) is 1. The average molecular weight is 365 g/mol. The van der Waals surface area contributed by atoms with E-state index < -0.39 is 0 Å². The molecule has 0 saturated heterocycles. The first kappa shape index (κ1) is 19.1. The van der Waals surface area contributed by atoms with Gasteiger partial charge in [0.15, 0.2) is 0 Å². The van der Waals surface area contributed by atoms with E-state index in [1.807, 2.05) is 72.6 Å². The zero-order valence-corrected chi connectivity index (χ0v) is 15.8. The second kappa shape index (κ2) is 9.33. The van der Waals surface area contributed by atoms with E-state index in [2.05, 4.69) is 5.32 Å². The van der Waals surface area contributed by atoms with Gasteiger partial charge in [0.25, 0.3) is 0 Å². The van der Waals surface area contributed by atoms with Crippen molar-refractivity contribution in [2.45, 2.75) is 32.0 Å². The van der Waals surface area contributed by atoms with E-state index in [0.29, 0.717) is 19.1 Å². The third-order valence-corrected chi connectivity index (χ3v) is 4.55. The highest BCUT2D eigenvalue weighted by atomic mass is 16.2. The molecule has 0 unspecified atom stereocenters. The molecule has 2 aromatic rings. The molecule has 0 aliphatic heterocycles. The topological polar surface area (TPSA) is 52.7 Å². The van der Waals surface area contributed by atoms with Gasteiger partial charge in [0.05, 0.1) is 13.1 Å². The van der Waals surface area contributed by atoms with Gasteiger partial charge in [0.1, 0.15) is 0 Å². The van der Waals surface area contributed by atoms with Gasteiger partial charge in [-0.15, -0.1) is 0 Å². The van der Waals surface area contributed by atoms with E-state index in [4.69, 9.17) is 0 Å². The van der Waals surface area contributed by atoms with Gasteiger partial charge in [-0.1, -0.05) is 60.7 Å². The van der Waals surface area contributed by atoms with E-state index in [-0.39, 0.29) is 24.9 Å². The van der Waals surface area contributed by atoms with Gasteiger partial charge in [-0.25, -0.2) is 0 Å². The van der Waals surface area contributed by atoms with Crippen molar-refractivity contribution in [2.24, 2.45) is 0 Å². The molecule has 0 bridgehead atoms. The van der Waals surface area contributed by atoms with Crippen LogP contribution in [0.1, 0.15) is 24.0 Å². The van der Waals surface area contributed by atoms with Gasteiger partial charge in [-0.2, -0.15) is 0 Å². The molecular weight excluding hydrogens is 338 g/mol. The van der Waals surface area contributed by atoms with Crippen LogP contribution in [0.3, 0.4) is 0 Å². The lowest BCUT2D eigenvalue weighted by Gasteiger charge is -2.26. The molecule has 1 aliphatic carbocycles. The Labute approximate surface area is 161 Å². The second-order valence-electron chi connectivity index (χ2n) is 7.24. The molecule has 0 radical (unpaired) electrons. The SMILES string of the molecule is CN(CC(=O)NC1CC1)CC(=O)N(Cc1ccccc1)Cc1ccccc1. The predicted molar refractivity (Wildman–Crippen MR) is 106 cm³/mol. The van der Waals surface area contributed by atoms with Crippen molar-refractivity contribution in [3.63, 3.8) is 0 Å². The van der Waals surface area contributed by atoms with E-state index in [1.54, 1.807) is 4.90 Å². The maximum atomic E-state index is 12.9. The molecule has 1 fully saturated rings. The third-order valence-electron chi connectivity index (χ3n) is 4.55. The molecule has 5 nitrogen and oxygen atoms in total. The molecule has 1 N–H and O–H groups in total. The summed E-state index contributed by atoms with van der Waals surface area (Å²) in [7, 11) is 1.81. The van der Waals surface area contributed by atoms with E-state index in [0.717, 1.165) is 24.0 Å². The Morgan fingerprint density at radius 3 is 1.89 bits per heavy atom. The maximum Gasteiger partial charge on any atom is 0.237 e. The lowest BCUT2D eigenvalue weighted by molar-refractivity contribution is -0.134. The van der Waals surface area contributed by atoms with Crippen molar-refractivity contribution in [1.29, 1.82) is 0 Å². The van der Waals surface area contributed by atoms with Crippen LogP contribution in [0.2, 0.25) is 0 Å². The smallest absolute Gasteiger partial charge is 0.237 e. The van der Waals surface area contributed by atoms with Crippen molar-refractivity contribution in [3.05, 3.63) is 71.8 Å². The quantitative estimate of drug-likeness (QED) is 0.743. The first-order valence-electron chi connectivity index (χ1n) is 9.43. The molecule has 0 atom stereocenters. The van der Waals surface area contributed by atoms with E-state index in [9.17, 15) is 9.59 Å². The fraction of sp³-hybridized carbons (Fsp3) is 0.364. The molecule has 3 rings (SSSR count). The van der Waals surface area contributed by atoms with Crippen molar-refractivity contribution in [1.82, 2.24) is 15.1 Å². The molecule has 5 heteroatoms. The van der Waals surface area contributed by atoms with Crippen LogP contribution in [-0.4, -0.2) is 47.8 Å². The highest BCUT2D eigenvalue weighted by Gasteiger charge is 2.24. The maximum absolute atomic E-state index is 12.9. The molecule has 0 spiro atoms. The third kappa shape index (κ3) is 6.53. The van der Waals surface area contributed by atoms with Gasteiger partial charge in [-0.3, -0.25) is 14.5 Å². The first-order valence-corrected chi connectivity index (χ1v) is 9.43. The summed E-state index contributed by atoms with van der Waals surface area (Å²) in [6, 6.07) is 20.3. The summed E-state index contributed by atoms with van der Waals surface area (Å²) in [5.74, 6) is 0.00916. The van der Waals surface area contributed by atoms with Gasteiger partial charge in [-0.05, 0) is 31.0 Å². The standard InChI is InChI=1S/C22H27N3O2/c1-24(16-21(26)23-20-12-13-20)17-22(27)25(14-18-8-4-2-5-9-18)15-19-10-6-3-7-11-19/h2-11,20H,12-17H2,1H3,(H,23,26). The first-order chi connectivity index (χ1) is 13.1. The van der Waals surface area contributed by atoms with Crippen LogP contribution >= 0.6 is 0 Å². The number of likely N-dealkylation sites (N-methyl/N-ethyl adjacent to an activating group) is 1. The van der Waals surface area contributed by atoms with Crippen molar-refractivity contribution < 1.29 is 9.59 Å². The highest BCUT2D eigenvalue weighted by Crippen LogP contribution is 2.18. The van der Waals surface area contributed by atoms with E-state index in [1.165, 1.54) is 0 Å². The number of carbonyl (C=O) groups is 2. The zero-order valence-electron chi connectivity index (χ0n) is 15.8. The minimum Gasteiger partial charge on any atom is -0.352 e. The molecule has 0 aromatic heterocycles. The fourth-order valence-corrected chi connectivity index (χ4v) is 2.97. The highest BCUT2D eigenvalue weighted by molar-refractivity contribution is 5.81. The molecule has 1 aliphatic rings. The summed E-state index contributed by atoms with van der Waals surface area (Å²) < 4.78 is 0. The molecule has 27 heavy (non-hydrogen) atoms. The Kier molecular flexibility index (Phi) is 6.60. The number of nitrogens with one attached hydrogen (secondary N) is 1. The molecule has 0 heterocycles. The number of benzene rings is 2. The minimum atomic E-state index is -0.00883. The molecule has 2 aromatic carbocycles.